The topological polar surface area (TPSA) is 114 Å². The maximum Gasteiger partial charge on any atom is 0.338 e. The van der Waals surface area contributed by atoms with Crippen LogP contribution in [0.3, 0.4) is 0 Å². The van der Waals surface area contributed by atoms with Crippen molar-refractivity contribution in [3.05, 3.63) is 56.9 Å². The minimum absolute atomic E-state index is 0.0128. The van der Waals surface area contributed by atoms with Crippen molar-refractivity contribution in [2.24, 2.45) is 35.5 Å². The monoisotopic (exact) mass is 583 g/mol. The van der Waals surface area contributed by atoms with Crippen molar-refractivity contribution < 1.29 is 19.6 Å². The summed E-state index contributed by atoms with van der Waals surface area (Å²) in [5.41, 5.74) is 1.71. The molecule has 8 fully saturated rings. The zero-order valence-corrected chi connectivity index (χ0v) is 25.2. The molecule has 0 unspecified atom stereocenters. The molecule has 8 aliphatic carbocycles. The quantitative estimate of drug-likeness (QED) is 0.281. The Hall–Kier alpha value is -3.29. The number of aryl methyl sites for hydroxylation is 2. The first-order chi connectivity index (χ1) is 20.5. The molecule has 8 saturated carbocycles. The Balaban J connectivity index is 1.34. The Labute approximate surface area is 252 Å². The van der Waals surface area contributed by atoms with E-state index in [1.54, 1.807) is 19.1 Å². The lowest BCUT2D eigenvalue weighted by Gasteiger charge is -2.69. The number of carboxylic acid groups (broad SMARTS) is 1. The third-order valence-electron chi connectivity index (χ3n) is 12.5. The highest BCUT2D eigenvalue weighted by atomic mass is 16.6. The van der Waals surface area contributed by atoms with Crippen LogP contribution in [0.2, 0.25) is 0 Å². The molecule has 8 nitrogen and oxygen atoms in total. The van der Waals surface area contributed by atoms with E-state index in [1.807, 2.05) is 6.92 Å². The molecule has 1 aromatic carbocycles. The van der Waals surface area contributed by atoms with Crippen molar-refractivity contribution in [1.29, 1.82) is 0 Å². The molecule has 0 atom stereocenters. The number of aromatic carboxylic acids is 1. The number of nitro benzene ring substituents is 1. The molecule has 8 aliphatic rings. The van der Waals surface area contributed by atoms with Crippen molar-refractivity contribution in [3.63, 3.8) is 0 Å². The molecule has 1 heterocycles. The van der Waals surface area contributed by atoms with Crippen LogP contribution < -0.4 is 0 Å². The summed E-state index contributed by atoms with van der Waals surface area (Å²) in [6.45, 7) is 3.51. The number of hydrogen-bond acceptors (Lipinski definition) is 5. The molecule has 0 spiro atoms. The van der Waals surface area contributed by atoms with E-state index in [9.17, 15) is 20.0 Å². The van der Waals surface area contributed by atoms with Crippen molar-refractivity contribution >= 4 is 17.6 Å². The first kappa shape index (κ1) is 27.3. The first-order valence-electron chi connectivity index (χ1n) is 16.4. The molecule has 0 radical (unpaired) electrons. The highest BCUT2D eigenvalue weighted by molar-refractivity contribution is 6.09. The maximum atomic E-state index is 15.6. The number of hydrogen-bond donors (Lipinski definition) is 1. The van der Waals surface area contributed by atoms with E-state index in [0.717, 1.165) is 38.5 Å². The summed E-state index contributed by atoms with van der Waals surface area (Å²) in [6.07, 6.45) is 14.0. The number of rotatable bonds is 6. The summed E-state index contributed by atoms with van der Waals surface area (Å²) < 4.78 is 0. The zero-order chi connectivity index (χ0) is 29.8. The van der Waals surface area contributed by atoms with Crippen LogP contribution in [0.4, 0.5) is 5.69 Å². The standard InChI is InChI=1S/C35H41N3O5/c1-19-29(31(30(33(40)41)20(2)36-19)27-3-5-28(6-4-27)38(42)43)32(39)37(34-13-21-7-22(14-34)9-23(8-21)15-34)35-16-24-10-25(17-35)12-26(11-24)18-35/h3-6,21-26H,7-18H2,1-2H3,(H,40,41). The first-order valence-corrected chi connectivity index (χ1v) is 16.4. The summed E-state index contributed by atoms with van der Waals surface area (Å²) >= 11 is 0. The van der Waals surface area contributed by atoms with E-state index in [2.05, 4.69) is 9.88 Å². The summed E-state index contributed by atoms with van der Waals surface area (Å²) in [5.74, 6) is 2.79. The molecule has 0 aliphatic heterocycles. The van der Waals surface area contributed by atoms with Crippen LogP contribution in [0.1, 0.15) is 109 Å². The molecule has 8 bridgehead atoms. The molecular formula is C35H41N3O5. The number of nitrogens with zero attached hydrogens (tertiary/aromatic N) is 3. The van der Waals surface area contributed by atoms with Gasteiger partial charge in [0.15, 0.2) is 0 Å². The van der Waals surface area contributed by atoms with Crippen LogP contribution in [0, 0.1) is 59.5 Å². The number of carbonyl (C=O) groups excluding carboxylic acids is 1. The number of benzene rings is 1. The number of carbonyl (C=O) groups is 2. The van der Waals surface area contributed by atoms with Gasteiger partial charge in [0.1, 0.15) is 0 Å². The molecule has 43 heavy (non-hydrogen) atoms. The summed E-state index contributed by atoms with van der Waals surface area (Å²) in [4.78, 5) is 46.5. The Bertz CT molecular complexity index is 1430. The van der Waals surface area contributed by atoms with Gasteiger partial charge >= 0.3 is 5.97 Å². The molecule has 1 amide bonds. The van der Waals surface area contributed by atoms with Gasteiger partial charge in [-0.15, -0.1) is 0 Å². The molecule has 8 heteroatoms. The van der Waals surface area contributed by atoms with Crippen LogP contribution in [0.5, 0.6) is 0 Å². The van der Waals surface area contributed by atoms with Gasteiger partial charge in [0.25, 0.3) is 11.6 Å². The average molecular weight is 584 g/mol. The fourth-order valence-electron chi connectivity index (χ4n) is 12.1. The minimum atomic E-state index is -1.14. The predicted molar refractivity (Wildman–Crippen MR) is 161 cm³/mol. The lowest BCUT2D eigenvalue weighted by Crippen LogP contribution is -2.71. The van der Waals surface area contributed by atoms with Crippen LogP contribution in [-0.4, -0.2) is 42.9 Å². The van der Waals surface area contributed by atoms with E-state index in [0.29, 0.717) is 63.6 Å². The van der Waals surface area contributed by atoms with Crippen LogP contribution in [0.25, 0.3) is 11.1 Å². The van der Waals surface area contributed by atoms with Gasteiger partial charge in [-0.1, -0.05) is 0 Å². The smallest absolute Gasteiger partial charge is 0.338 e. The van der Waals surface area contributed by atoms with Gasteiger partial charge in [-0.2, -0.15) is 0 Å². The number of carboxylic acids is 1. The van der Waals surface area contributed by atoms with Crippen molar-refractivity contribution in [3.8, 4) is 11.1 Å². The van der Waals surface area contributed by atoms with Gasteiger partial charge in [0.05, 0.1) is 27.4 Å². The zero-order valence-electron chi connectivity index (χ0n) is 25.2. The largest absolute Gasteiger partial charge is 0.478 e. The molecule has 226 valence electrons. The van der Waals surface area contributed by atoms with Gasteiger partial charge in [0, 0.05) is 28.8 Å². The van der Waals surface area contributed by atoms with Crippen molar-refractivity contribution in [2.75, 3.05) is 0 Å². The fourth-order valence-corrected chi connectivity index (χ4v) is 12.1. The van der Waals surface area contributed by atoms with Gasteiger partial charge in [0.2, 0.25) is 0 Å². The highest BCUT2D eigenvalue weighted by Gasteiger charge is 2.63. The number of amides is 1. The lowest BCUT2D eigenvalue weighted by atomic mass is 9.48. The third-order valence-corrected chi connectivity index (χ3v) is 12.5. The highest BCUT2D eigenvalue weighted by Crippen LogP contribution is 2.64. The van der Waals surface area contributed by atoms with Gasteiger partial charge < -0.3 is 10.0 Å². The Morgan fingerprint density at radius 3 is 1.53 bits per heavy atom. The summed E-state index contributed by atoms with van der Waals surface area (Å²) in [6, 6.07) is 5.98. The number of nitro groups is 1. The number of non-ortho nitro benzene ring substituents is 1. The third kappa shape index (κ3) is 4.11. The number of pyridine rings is 1. The summed E-state index contributed by atoms with van der Waals surface area (Å²) in [7, 11) is 0. The van der Waals surface area contributed by atoms with Crippen LogP contribution in [-0.2, 0) is 0 Å². The lowest BCUT2D eigenvalue weighted by molar-refractivity contribution is -0.384. The van der Waals surface area contributed by atoms with Gasteiger partial charge in [-0.05, 0) is 144 Å². The molecular weight excluding hydrogens is 542 g/mol. The second-order valence-corrected chi connectivity index (χ2v) is 15.4. The fraction of sp³-hybridized carbons (Fsp3) is 0.629. The summed E-state index contributed by atoms with van der Waals surface area (Å²) in [5, 5.41) is 21.9. The SMILES string of the molecule is Cc1nc(C)c(C(=O)N(C23CC4CC(CC(C4)C2)C3)C23CC4CC(CC(C4)C2)C3)c(-c2ccc([N+](=O)[O-])cc2)c1C(=O)O. The second-order valence-electron chi connectivity index (χ2n) is 15.4. The van der Waals surface area contributed by atoms with E-state index in [-0.39, 0.29) is 28.2 Å². The molecule has 10 rings (SSSR count). The van der Waals surface area contributed by atoms with Gasteiger partial charge in [-0.3, -0.25) is 19.9 Å². The number of aromatic nitrogens is 1. The van der Waals surface area contributed by atoms with E-state index >= 15 is 4.79 Å². The predicted octanol–water partition coefficient (Wildman–Crippen LogP) is 7.35. The normalized spacial score (nSPS) is 36.6. The molecule has 1 aromatic heterocycles. The van der Waals surface area contributed by atoms with Crippen molar-refractivity contribution in [1.82, 2.24) is 9.88 Å². The second kappa shape index (κ2) is 9.35. The van der Waals surface area contributed by atoms with Crippen LogP contribution >= 0.6 is 0 Å². The Kier molecular flexibility index (Phi) is 5.93. The van der Waals surface area contributed by atoms with Crippen molar-refractivity contribution in [2.45, 2.75) is 102 Å². The molecule has 1 N–H and O–H groups in total. The molecule has 0 saturated heterocycles. The minimum Gasteiger partial charge on any atom is -0.478 e. The average Bonchev–Trinajstić information content (AvgIpc) is 2.90. The van der Waals surface area contributed by atoms with Crippen LogP contribution in [0.15, 0.2) is 24.3 Å². The van der Waals surface area contributed by atoms with Gasteiger partial charge in [-0.25, -0.2) is 4.79 Å². The van der Waals surface area contributed by atoms with E-state index in [1.165, 1.54) is 50.7 Å². The van der Waals surface area contributed by atoms with E-state index < -0.39 is 10.9 Å². The Morgan fingerprint density at radius 1 is 0.767 bits per heavy atom. The Morgan fingerprint density at radius 2 is 1.16 bits per heavy atom. The van der Waals surface area contributed by atoms with E-state index in [4.69, 9.17) is 0 Å². The maximum absolute atomic E-state index is 15.6. The molecule has 2 aromatic rings.